The maximum atomic E-state index is 4.73. The van der Waals surface area contributed by atoms with Crippen LogP contribution in [0.1, 0.15) is 17.3 Å². The summed E-state index contributed by atoms with van der Waals surface area (Å²) < 4.78 is 3.78. The van der Waals surface area contributed by atoms with Crippen LogP contribution in [0.5, 0.6) is 0 Å². The van der Waals surface area contributed by atoms with Crippen molar-refractivity contribution < 1.29 is 0 Å². The zero-order valence-electron chi connectivity index (χ0n) is 16.8. The van der Waals surface area contributed by atoms with Crippen molar-refractivity contribution in [2.24, 2.45) is 7.05 Å². The number of hydrogen-bond acceptors (Lipinski definition) is 4. The van der Waals surface area contributed by atoms with Gasteiger partial charge in [-0.25, -0.2) is 9.97 Å². The second-order valence-electron chi connectivity index (χ2n) is 7.13. The minimum Gasteiger partial charge on any atom is -0.334 e. The van der Waals surface area contributed by atoms with Gasteiger partial charge in [0.25, 0.3) is 5.78 Å². The predicted octanol–water partition coefficient (Wildman–Crippen LogP) is 4.67. The second-order valence-corrected chi connectivity index (χ2v) is 7.13. The first kappa shape index (κ1) is 18.0. The molecule has 2 aromatic carbocycles. The molecule has 0 N–H and O–H groups in total. The van der Waals surface area contributed by atoms with Crippen LogP contribution < -0.4 is 0 Å². The quantitative estimate of drug-likeness (QED) is 0.446. The van der Waals surface area contributed by atoms with E-state index in [1.807, 2.05) is 79.4 Å². The van der Waals surface area contributed by atoms with Crippen molar-refractivity contribution in [1.29, 1.82) is 0 Å². The van der Waals surface area contributed by atoms with Gasteiger partial charge in [0.2, 0.25) is 0 Å². The van der Waals surface area contributed by atoms with Crippen LogP contribution in [0.2, 0.25) is 0 Å². The van der Waals surface area contributed by atoms with Gasteiger partial charge in [0.05, 0.1) is 11.4 Å². The summed E-state index contributed by atoms with van der Waals surface area (Å²) in [5.74, 6) is 2.01. The van der Waals surface area contributed by atoms with E-state index in [0.29, 0.717) is 11.6 Å². The van der Waals surface area contributed by atoms with Crippen molar-refractivity contribution in [2.75, 3.05) is 0 Å². The molecule has 0 aliphatic rings. The average molecular weight is 392 g/mol. The molecule has 0 aliphatic heterocycles. The predicted molar refractivity (Wildman–Crippen MR) is 119 cm³/mol. The number of benzene rings is 2. The Bertz CT molecular complexity index is 1350. The second kappa shape index (κ2) is 7.40. The minimum atomic E-state index is 0.582. The third kappa shape index (κ3) is 3.39. The van der Waals surface area contributed by atoms with E-state index >= 15 is 0 Å². The molecule has 3 heterocycles. The van der Waals surface area contributed by atoms with E-state index in [0.717, 1.165) is 34.0 Å². The molecule has 0 saturated heterocycles. The van der Waals surface area contributed by atoms with Crippen LogP contribution in [-0.2, 0) is 7.05 Å². The molecule has 0 atom stereocenters. The van der Waals surface area contributed by atoms with Gasteiger partial charge >= 0.3 is 0 Å². The smallest absolute Gasteiger partial charge is 0.253 e. The number of imidazole rings is 1. The molecule has 6 nitrogen and oxygen atoms in total. The Labute approximate surface area is 174 Å². The maximum Gasteiger partial charge on any atom is 0.253 e. The molecule has 3 aromatic heterocycles. The largest absolute Gasteiger partial charge is 0.334 e. The van der Waals surface area contributed by atoms with E-state index < -0.39 is 0 Å². The van der Waals surface area contributed by atoms with Gasteiger partial charge < -0.3 is 4.57 Å². The lowest BCUT2D eigenvalue weighted by Crippen LogP contribution is -1.98. The summed E-state index contributed by atoms with van der Waals surface area (Å²) in [5, 5.41) is 4.66. The van der Waals surface area contributed by atoms with Gasteiger partial charge in [-0.15, -0.1) is 5.10 Å². The van der Waals surface area contributed by atoms with E-state index in [2.05, 4.69) is 39.3 Å². The Balaban J connectivity index is 1.51. The highest BCUT2D eigenvalue weighted by atomic mass is 15.3. The number of aromatic nitrogens is 6. The van der Waals surface area contributed by atoms with Crippen molar-refractivity contribution in [1.82, 2.24) is 29.1 Å². The third-order valence-electron chi connectivity index (χ3n) is 4.89. The van der Waals surface area contributed by atoms with Crippen molar-refractivity contribution in [2.45, 2.75) is 6.92 Å². The number of rotatable bonds is 4. The van der Waals surface area contributed by atoms with E-state index in [-0.39, 0.29) is 0 Å². The van der Waals surface area contributed by atoms with E-state index in [9.17, 15) is 0 Å². The van der Waals surface area contributed by atoms with Crippen LogP contribution in [0, 0.1) is 6.92 Å². The van der Waals surface area contributed by atoms with Crippen LogP contribution in [0.3, 0.4) is 0 Å². The first-order chi connectivity index (χ1) is 14.7. The molecule has 6 heteroatoms. The summed E-state index contributed by atoms with van der Waals surface area (Å²) in [4.78, 5) is 13.8. The van der Waals surface area contributed by atoms with Crippen LogP contribution in [0.25, 0.3) is 40.4 Å². The SMILES string of the molecule is Cc1cc(-c2ccccc2)n2nc(/C=C/c3nc(-c4ccccc4)cn3C)nc2n1. The monoisotopic (exact) mass is 392 g/mol. The summed E-state index contributed by atoms with van der Waals surface area (Å²) in [6.07, 6.45) is 5.82. The molecule has 0 unspecified atom stereocenters. The molecule has 0 spiro atoms. The van der Waals surface area contributed by atoms with E-state index in [1.54, 1.807) is 4.52 Å². The zero-order chi connectivity index (χ0) is 20.5. The topological polar surface area (TPSA) is 60.9 Å². The highest BCUT2D eigenvalue weighted by Gasteiger charge is 2.11. The molecule has 0 bridgehead atoms. The Morgan fingerprint density at radius 2 is 1.50 bits per heavy atom. The van der Waals surface area contributed by atoms with Gasteiger partial charge in [-0.3, -0.25) is 0 Å². The van der Waals surface area contributed by atoms with Gasteiger partial charge in [-0.05, 0) is 25.1 Å². The zero-order valence-corrected chi connectivity index (χ0v) is 16.8. The molecule has 0 fully saturated rings. The highest BCUT2D eigenvalue weighted by Crippen LogP contribution is 2.21. The van der Waals surface area contributed by atoms with Gasteiger partial charge in [-0.1, -0.05) is 60.7 Å². The Morgan fingerprint density at radius 3 is 2.23 bits per heavy atom. The first-order valence-electron chi connectivity index (χ1n) is 9.74. The Hall–Kier alpha value is -4.06. The lowest BCUT2D eigenvalue weighted by Gasteiger charge is -2.04. The van der Waals surface area contributed by atoms with Gasteiger partial charge in [0.1, 0.15) is 5.82 Å². The standard InChI is InChI=1S/C24H20N6/c1-17-15-21(19-11-7-4-8-12-19)30-24(25-17)27-22(28-30)13-14-23-26-20(16-29(23)2)18-9-5-3-6-10-18/h3-16H,1-2H3/b14-13+. The van der Waals surface area contributed by atoms with Crippen molar-refractivity contribution >= 4 is 17.9 Å². The molecule has 0 aliphatic carbocycles. The summed E-state index contributed by atoms with van der Waals surface area (Å²) >= 11 is 0. The minimum absolute atomic E-state index is 0.582. The third-order valence-corrected chi connectivity index (χ3v) is 4.89. The maximum absolute atomic E-state index is 4.73. The highest BCUT2D eigenvalue weighted by molar-refractivity contribution is 5.68. The van der Waals surface area contributed by atoms with Crippen molar-refractivity contribution in [3.63, 3.8) is 0 Å². The normalized spacial score (nSPS) is 11.5. The lowest BCUT2D eigenvalue weighted by atomic mass is 10.1. The molecular formula is C24H20N6. The average Bonchev–Trinajstić information content (AvgIpc) is 3.35. The summed E-state index contributed by atoms with van der Waals surface area (Å²) in [5.41, 5.74) is 4.97. The summed E-state index contributed by atoms with van der Waals surface area (Å²) in [7, 11) is 1.98. The number of fused-ring (bicyclic) bond motifs is 1. The lowest BCUT2D eigenvalue weighted by molar-refractivity contribution is 0.897. The molecule has 0 amide bonds. The van der Waals surface area contributed by atoms with Crippen LogP contribution in [0.15, 0.2) is 72.9 Å². The van der Waals surface area contributed by atoms with Gasteiger partial charge in [0.15, 0.2) is 5.82 Å². The number of aryl methyl sites for hydroxylation is 2. The molecular weight excluding hydrogens is 372 g/mol. The van der Waals surface area contributed by atoms with Gasteiger partial charge in [0, 0.05) is 30.1 Å². The Kier molecular flexibility index (Phi) is 4.44. The first-order valence-corrected chi connectivity index (χ1v) is 9.74. The van der Waals surface area contributed by atoms with Gasteiger partial charge in [-0.2, -0.15) is 9.50 Å². The van der Waals surface area contributed by atoms with Crippen LogP contribution in [-0.4, -0.2) is 29.1 Å². The fraction of sp³-hybridized carbons (Fsp3) is 0.0833. The van der Waals surface area contributed by atoms with Crippen molar-refractivity contribution in [3.05, 3.63) is 90.3 Å². The summed E-state index contributed by atoms with van der Waals surface area (Å²) in [6.45, 7) is 1.97. The molecule has 5 rings (SSSR count). The molecule has 30 heavy (non-hydrogen) atoms. The Morgan fingerprint density at radius 1 is 0.800 bits per heavy atom. The fourth-order valence-corrected chi connectivity index (χ4v) is 3.42. The van der Waals surface area contributed by atoms with Crippen molar-refractivity contribution in [3.8, 4) is 22.5 Å². The fourth-order valence-electron chi connectivity index (χ4n) is 3.42. The molecule has 5 aromatic rings. The molecule has 0 saturated carbocycles. The molecule has 0 radical (unpaired) electrons. The van der Waals surface area contributed by atoms with Crippen LogP contribution >= 0.6 is 0 Å². The van der Waals surface area contributed by atoms with E-state index in [1.165, 1.54) is 0 Å². The van der Waals surface area contributed by atoms with E-state index in [4.69, 9.17) is 4.98 Å². The summed E-state index contributed by atoms with van der Waals surface area (Å²) in [6, 6.07) is 22.3. The van der Waals surface area contributed by atoms with Crippen LogP contribution in [0.4, 0.5) is 0 Å². The molecule has 146 valence electrons. The number of hydrogen-bond donors (Lipinski definition) is 0. The number of nitrogens with zero attached hydrogens (tertiary/aromatic N) is 6.